The van der Waals surface area contributed by atoms with Crippen molar-refractivity contribution in [3.8, 4) is 0 Å². The molecule has 0 fully saturated rings. The van der Waals surface area contributed by atoms with Crippen LogP contribution in [0.3, 0.4) is 0 Å². The quantitative estimate of drug-likeness (QED) is 0.605. The molecule has 0 saturated carbocycles. The van der Waals surface area contributed by atoms with Gasteiger partial charge in [-0.1, -0.05) is 0 Å². The largest absolute Gasteiger partial charge is 0.343 e. The lowest BCUT2D eigenvalue weighted by Gasteiger charge is -2.06. The summed E-state index contributed by atoms with van der Waals surface area (Å²) in [7, 11) is 1.22. The van der Waals surface area contributed by atoms with E-state index in [1.807, 2.05) is 0 Å². The molecule has 0 aromatic carbocycles. The number of nitrogens with zero attached hydrogens (tertiary/aromatic N) is 2. The lowest BCUT2D eigenvalue weighted by molar-refractivity contribution is 0.0822. The molecule has 0 radical (unpaired) electrons. The summed E-state index contributed by atoms with van der Waals surface area (Å²) in [4.78, 5) is 18.2. The van der Waals surface area contributed by atoms with Crippen LogP contribution in [0.15, 0.2) is 12.5 Å². The summed E-state index contributed by atoms with van der Waals surface area (Å²) in [6, 6.07) is 0. The van der Waals surface area contributed by atoms with Crippen molar-refractivity contribution in [3.05, 3.63) is 18.2 Å². The second-order valence-electron chi connectivity index (χ2n) is 1.83. The average molecular weight is 142 g/mol. The summed E-state index contributed by atoms with van der Waals surface area (Å²) >= 11 is 0. The predicted octanol–water partition coefficient (Wildman–Crippen LogP) is 0.111. The predicted molar refractivity (Wildman–Crippen MR) is 36.6 cm³/mol. The van der Waals surface area contributed by atoms with E-state index in [9.17, 15) is 4.79 Å². The average Bonchev–Trinajstić information content (AvgIpc) is 2.51. The van der Waals surface area contributed by atoms with Gasteiger partial charge in [0.25, 0.3) is 5.91 Å². The number of rotatable bonds is 1. The van der Waals surface area contributed by atoms with E-state index in [1.165, 1.54) is 19.6 Å². The van der Waals surface area contributed by atoms with Crippen LogP contribution in [0.5, 0.6) is 0 Å². The Balaban J connectivity index is 2.81. The van der Waals surface area contributed by atoms with Gasteiger partial charge in [0.15, 0.2) is 0 Å². The van der Waals surface area contributed by atoms with Gasteiger partial charge >= 0.3 is 0 Å². The Labute approximate surface area is 63.1 Å². The van der Waals surface area contributed by atoms with Crippen molar-refractivity contribution in [2.45, 2.75) is 0 Å². The molecule has 0 saturated heterocycles. The summed E-state index contributed by atoms with van der Waals surface area (Å²) in [5, 5.41) is 0. The van der Waals surface area contributed by atoms with E-state index in [0.29, 0.717) is 4.90 Å². The van der Waals surface area contributed by atoms with E-state index in [4.69, 9.17) is 4.11 Å². The normalized spacial score (nSPS) is 15.1. The van der Waals surface area contributed by atoms with Gasteiger partial charge in [-0.15, -0.1) is 0 Å². The molecule has 0 spiro atoms. The number of aromatic nitrogens is 2. The fourth-order valence-electron chi connectivity index (χ4n) is 0.554. The first-order valence-corrected chi connectivity index (χ1v) is 2.69. The lowest BCUT2D eigenvalue weighted by Crippen LogP contribution is -2.21. The van der Waals surface area contributed by atoms with Crippen molar-refractivity contribution in [3.63, 3.8) is 0 Å². The molecule has 1 heterocycles. The zero-order chi connectivity index (χ0) is 10.1. The fourth-order valence-corrected chi connectivity index (χ4v) is 0.554. The van der Waals surface area contributed by atoms with Crippen LogP contribution in [0, 0.1) is 0 Å². The van der Waals surface area contributed by atoms with Crippen LogP contribution in [0.4, 0.5) is 0 Å². The standard InChI is InChI=1S/C6H9N3O/c1-9(2)6(10)5-3-7-4-8-5/h3-4H,1-2H3,(H,7,8)/i1D3. The third-order valence-electron chi connectivity index (χ3n) is 1.03. The van der Waals surface area contributed by atoms with Gasteiger partial charge in [-0.05, 0) is 0 Å². The molecule has 1 aromatic rings. The van der Waals surface area contributed by atoms with Crippen molar-refractivity contribution in [1.82, 2.24) is 14.9 Å². The van der Waals surface area contributed by atoms with Gasteiger partial charge in [-0.2, -0.15) is 0 Å². The third-order valence-corrected chi connectivity index (χ3v) is 1.03. The molecule has 0 aliphatic rings. The van der Waals surface area contributed by atoms with Crippen LogP contribution in [-0.4, -0.2) is 34.8 Å². The summed E-state index contributed by atoms with van der Waals surface area (Å²) in [5.74, 6) is -0.600. The Morgan fingerprint density at radius 2 is 2.80 bits per heavy atom. The van der Waals surface area contributed by atoms with Crippen molar-refractivity contribution < 1.29 is 8.91 Å². The third kappa shape index (κ3) is 1.15. The second kappa shape index (κ2) is 2.51. The molecule has 0 unspecified atom stereocenters. The van der Waals surface area contributed by atoms with Gasteiger partial charge in [0.1, 0.15) is 5.69 Å². The first kappa shape index (κ1) is 3.75. The monoisotopic (exact) mass is 142 g/mol. The minimum atomic E-state index is -2.41. The van der Waals surface area contributed by atoms with E-state index in [1.54, 1.807) is 0 Å². The summed E-state index contributed by atoms with van der Waals surface area (Å²) in [6.07, 6.45) is 2.60. The second-order valence-corrected chi connectivity index (χ2v) is 1.83. The van der Waals surface area contributed by atoms with Crippen LogP contribution in [0.2, 0.25) is 0 Å². The number of nitrogens with one attached hydrogen (secondary N) is 1. The Kier molecular flexibility index (Phi) is 0.943. The van der Waals surface area contributed by atoms with Gasteiger partial charge in [0.2, 0.25) is 0 Å². The van der Waals surface area contributed by atoms with Gasteiger partial charge in [-0.3, -0.25) is 4.79 Å². The maximum absolute atomic E-state index is 11.3. The molecule has 0 aliphatic heterocycles. The zero-order valence-electron chi connectivity index (χ0n) is 8.46. The van der Waals surface area contributed by atoms with Crippen LogP contribution in [0.25, 0.3) is 0 Å². The van der Waals surface area contributed by atoms with Gasteiger partial charge in [0, 0.05) is 18.1 Å². The molecular weight excluding hydrogens is 130 g/mol. The number of carbonyl (C=O) groups is 1. The smallest absolute Gasteiger partial charge is 0.271 e. The number of H-pyrrole nitrogens is 1. The highest BCUT2D eigenvalue weighted by Gasteiger charge is 2.07. The molecule has 1 amide bonds. The molecule has 4 heteroatoms. The number of hydrogen-bond donors (Lipinski definition) is 1. The van der Waals surface area contributed by atoms with Crippen molar-refractivity contribution in [2.24, 2.45) is 0 Å². The van der Waals surface area contributed by atoms with Crippen molar-refractivity contribution in [1.29, 1.82) is 0 Å². The first-order valence-electron chi connectivity index (χ1n) is 4.19. The van der Waals surface area contributed by atoms with Gasteiger partial charge in [-0.25, -0.2) is 4.98 Å². The highest BCUT2D eigenvalue weighted by Crippen LogP contribution is 1.93. The number of hydrogen-bond acceptors (Lipinski definition) is 2. The van der Waals surface area contributed by atoms with E-state index < -0.39 is 12.9 Å². The van der Waals surface area contributed by atoms with E-state index >= 15 is 0 Å². The Hall–Kier alpha value is -1.32. The Morgan fingerprint density at radius 1 is 2.00 bits per heavy atom. The van der Waals surface area contributed by atoms with Crippen molar-refractivity contribution in [2.75, 3.05) is 14.0 Å². The first-order chi connectivity index (χ1) is 5.93. The van der Waals surface area contributed by atoms with Crippen LogP contribution >= 0.6 is 0 Å². The maximum Gasteiger partial charge on any atom is 0.271 e. The Morgan fingerprint density at radius 3 is 3.30 bits per heavy atom. The van der Waals surface area contributed by atoms with E-state index in [-0.39, 0.29) is 5.69 Å². The van der Waals surface area contributed by atoms with Crippen LogP contribution in [-0.2, 0) is 0 Å². The molecule has 1 N–H and O–H groups in total. The van der Waals surface area contributed by atoms with Crippen LogP contribution in [0.1, 0.15) is 14.6 Å². The summed E-state index contributed by atoms with van der Waals surface area (Å²) in [5.41, 5.74) is 0.165. The highest BCUT2D eigenvalue weighted by atomic mass is 16.2. The molecule has 1 aromatic heterocycles. The topological polar surface area (TPSA) is 49.0 Å². The van der Waals surface area contributed by atoms with Gasteiger partial charge < -0.3 is 9.88 Å². The summed E-state index contributed by atoms with van der Waals surface area (Å²) in [6.45, 7) is -2.41. The molecule has 0 aliphatic carbocycles. The minimum absolute atomic E-state index is 0.165. The zero-order valence-corrected chi connectivity index (χ0v) is 5.46. The number of aromatic amines is 1. The SMILES string of the molecule is [2H]C([2H])([2H])N(C)C(=O)c1cnc[nH]1. The molecule has 1 rings (SSSR count). The molecule has 10 heavy (non-hydrogen) atoms. The minimum Gasteiger partial charge on any atom is -0.343 e. The van der Waals surface area contributed by atoms with Gasteiger partial charge in [0.05, 0.1) is 12.5 Å². The van der Waals surface area contributed by atoms with E-state index in [2.05, 4.69) is 9.97 Å². The number of imidazole rings is 1. The summed E-state index contributed by atoms with van der Waals surface area (Å²) < 4.78 is 20.9. The number of carbonyl (C=O) groups excluding carboxylic acids is 1. The Bertz CT molecular complexity index is 293. The molecule has 0 atom stereocenters. The molecule has 0 bridgehead atoms. The molecule has 4 nitrogen and oxygen atoms in total. The number of amides is 1. The maximum atomic E-state index is 11.3. The highest BCUT2D eigenvalue weighted by molar-refractivity contribution is 5.91. The van der Waals surface area contributed by atoms with Crippen molar-refractivity contribution >= 4 is 5.91 Å². The van der Waals surface area contributed by atoms with E-state index in [0.717, 1.165) is 0 Å². The molecular formula is C6H9N3O. The van der Waals surface area contributed by atoms with Crippen LogP contribution < -0.4 is 0 Å². The lowest BCUT2D eigenvalue weighted by atomic mass is 10.4. The molecule has 54 valence electrons. The fraction of sp³-hybridized carbons (Fsp3) is 0.333.